The number of carbonyl (C=O) groups excluding carboxylic acids is 2. The summed E-state index contributed by atoms with van der Waals surface area (Å²) in [4.78, 5) is 25.2. The van der Waals surface area contributed by atoms with Crippen LogP contribution >= 0.6 is 11.8 Å². The summed E-state index contributed by atoms with van der Waals surface area (Å²) in [6.07, 6.45) is 0. The van der Waals surface area contributed by atoms with Crippen LogP contribution in [0.5, 0.6) is 0 Å². The predicted molar refractivity (Wildman–Crippen MR) is 97.1 cm³/mol. The number of aromatic nitrogens is 1. The summed E-state index contributed by atoms with van der Waals surface area (Å²) in [7, 11) is 0. The molecule has 2 N–H and O–H groups in total. The van der Waals surface area contributed by atoms with Gasteiger partial charge in [0.1, 0.15) is 11.6 Å². The Morgan fingerprint density at radius 3 is 2.23 bits per heavy atom. The molecule has 1 aromatic heterocycles. The molecule has 6 nitrogen and oxygen atoms in total. The molecule has 140 valence electrons. The number of nitrogens with zero attached hydrogens (tertiary/aromatic N) is 1. The van der Waals surface area contributed by atoms with Gasteiger partial charge < -0.3 is 4.52 Å². The Bertz CT molecular complexity index is 795. The Kier molecular flexibility index (Phi) is 5.75. The lowest BCUT2D eigenvalue weighted by Crippen LogP contribution is -2.49. The van der Waals surface area contributed by atoms with Gasteiger partial charge >= 0.3 is 0 Å². The highest BCUT2D eigenvalue weighted by molar-refractivity contribution is 8.01. The molecule has 0 spiro atoms. The van der Waals surface area contributed by atoms with Crippen LogP contribution in [-0.4, -0.2) is 21.7 Å². The second kappa shape index (κ2) is 7.49. The summed E-state index contributed by atoms with van der Waals surface area (Å²) in [5.74, 6) is -0.743. The first-order chi connectivity index (χ1) is 12.0. The largest absolute Gasteiger partial charge is 0.360 e. The lowest BCUT2D eigenvalue weighted by Gasteiger charge is -2.23. The number of halogens is 1. The van der Waals surface area contributed by atoms with Gasteiger partial charge in [-0.1, -0.05) is 25.9 Å². The van der Waals surface area contributed by atoms with Crippen LogP contribution in [0.15, 0.2) is 39.8 Å². The van der Waals surface area contributed by atoms with E-state index in [1.165, 1.54) is 23.9 Å². The third kappa shape index (κ3) is 5.08. The van der Waals surface area contributed by atoms with Crippen molar-refractivity contribution in [2.75, 3.05) is 0 Å². The van der Waals surface area contributed by atoms with E-state index in [9.17, 15) is 14.0 Å². The normalized spacial score (nSPS) is 11.9. The van der Waals surface area contributed by atoms with Crippen molar-refractivity contribution in [1.29, 1.82) is 0 Å². The van der Waals surface area contributed by atoms with Gasteiger partial charge in [0.15, 0.2) is 5.69 Å². The summed E-state index contributed by atoms with van der Waals surface area (Å²) >= 11 is 1.25. The lowest BCUT2D eigenvalue weighted by atomic mass is 9.93. The number of nitrogens with one attached hydrogen (secondary N) is 2. The first-order valence-corrected chi connectivity index (χ1v) is 8.83. The van der Waals surface area contributed by atoms with Gasteiger partial charge in [-0.2, -0.15) is 0 Å². The van der Waals surface area contributed by atoms with E-state index >= 15 is 0 Å². The van der Waals surface area contributed by atoms with E-state index in [1.807, 2.05) is 20.8 Å². The van der Waals surface area contributed by atoms with E-state index in [-0.39, 0.29) is 16.9 Å². The maximum absolute atomic E-state index is 13.0. The SMILES string of the molecule is CC(C)(Sc1ccc(F)cc1)C(=O)NNC(=O)c1cc(C(C)(C)C)on1. The van der Waals surface area contributed by atoms with Gasteiger partial charge in [-0.25, -0.2) is 4.39 Å². The van der Waals surface area contributed by atoms with E-state index < -0.39 is 16.6 Å². The molecular formula is C18H22FN3O3S. The molecule has 2 amide bonds. The molecule has 2 rings (SSSR count). The Morgan fingerprint density at radius 2 is 1.69 bits per heavy atom. The first kappa shape index (κ1) is 20.0. The Labute approximate surface area is 155 Å². The van der Waals surface area contributed by atoms with Crippen LogP contribution in [0.1, 0.15) is 50.9 Å². The van der Waals surface area contributed by atoms with Gasteiger partial charge in [0.05, 0.1) is 4.75 Å². The van der Waals surface area contributed by atoms with E-state index in [2.05, 4.69) is 16.0 Å². The van der Waals surface area contributed by atoms with Crippen LogP contribution in [0.2, 0.25) is 0 Å². The van der Waals surface area contributed by atoms with Gasteiger partial charge in [-0.15, -0.1) is 11.8 Å². The number of benzene rings is 1. The fraction of sp³-hybridized carbons (Fsp3) is 0.389. The van der Waals surface area contributed by atoms with Gasteiger partial charge in [-0.05, 0) is 38.1 Å². The molecule has 2 aromatic rings. The number of hydrogen-bond acceptors (Lipinski definition) is 5. The van der Waals surface area contributed by atoms with Crippen molar-refractivity contribution in [2.45, 2.75) is 49.7 Å². The molecular weight excluding hydrogens is 357 g/mol. The van der Waals surface area contributed by atoms with E-state index in [4.69, 9.17) is 4.52 Å². The Hall–Kier alpha value is -2.35. The Balaban J connectivity index is 1.95. The molecule has 1 aromatic carbocycles. The van der Waals surface area contributed by atoms with Crippen LogP contribution in [0.25, 0.3) is 0 Å². The van der Waals surface area contributed by atoms with Crippen LogP contribution in [0.3, 0.4) is 0 Å². The molecule has 0 bridgehead atoms. The number of thioether (sulfide) groups is 1. The van der Waals surface area contributed by atoms with E-state index in [1.54, 1.807) is 32.0 Å². The number of rotatable bonds is 4. The van der Waals surface area contributed by atoms with Crippen LogP contribution in [-0.2, 0) is 10.2 Å². The zero-order valence-corrected chi connectivity index (χ0v) is 16.2. The van der Waals surface area contributed by atoms with Crippen molar-refractivity contribution in [3.8, 4) is 0 Å². The average molecular weight is 379 g/mol. The third-order valence-corrected chi connectivity index (χ3v) is 4.71. The smallest absolute Gasteiger partial charge is 0.291 e. The number of hydrogen-bond donors (Lipinski definition) is 2. The fourth-order valence-corrected chi connectivity index (χ4v) is 2.91. The molecule has 0 fully saturated rings. The summed E-state index contributed by atoms with van der Waals surface area (Å²) < 4.78 is 17.2. The molecule has 1 heterocycles. The first-order valence-electron chi connectivity index (χ1n) is 8.01. The second-order valence-electron chi connectivity index (χ2n) is 7.30. The van der Waals surface area contributed by atoms with Gasteiger partial charge in [-0.3, -0.25) is 20.4 Å². The summed E-state index contributed by atoms with van der Waals surface area (Å²) in [5, 5.41) is 3.72. The van der Waals surface area contributed by atoms with Gasteiger partial charge in [0.25, 0.3) is 11.8 Å². The topological polar surface area (TPSA) is 84.2 Å². The second-order valence-corrected chi connectivity index (χ2v) is 9.00. The fourth-order valence-electron chi connectivity index (χ4n) is 1.91. The van der Waals surface area contributed by atoms with E-state index in [0.717, 1.165) is 4.90 Å². The van der Waals surface area contributed by atoms with Crippen molar-refractivity contribution >= 4 is 23.6 Å². The molecule has 0 unspecified atom stereocenters. The highest BCUT2D eigenvalue weighted by Crippen LogP contribution is 2.32. The molecule has 0 saturated heterocycles. The molecule has 0 atom stereocenters. The summed E-state index contributed by atoms with van der Waals surface area (Å²) in [5.41, 5.74) is 4.52. The standard InChI is InChI=1S/C18H22FN3O3S/c1-17(2,3)14-10-13(22-25-14)15(23)20-21-16(24)18(4,5)26-12-8-6-11(19)7-9-12/h6-10H,1-5H3,(H,20,23)(H,21,24). The third-order valence-electron chi connectivity index (χ3n) is 3.51. The van der Waals surface area contributed by atoms with E-state index in [0.29, 0.717) is 5.76 Å². The highest BCUT2D eigenvalue weighted by atomic mass is 32.2. The minimum Gasteiger partial charge on any atom is -0.360 e. The highest BCUT2D eigenvalue weighted by Gasteiger charge is 2.30. The molecule has 0 aliphatic rings. The number of amides is 2. The molecule has 26 heavy (non-hydrogen) atoms. The molecule has 0 radical (unpaired) electrons. The maximum Gasteiger partial charge on any atom is 0.291 e. The molecule has 8 heteroatoms. The van der Waals surface area contributed by atoms with Gasteiger partial charge in [0, 0.05) is 16.4 Å². The quantitative estimate of drug-likeness (QED) is 0.628. The van der Waals surface area contributed by atoms with Gasteiger partial charge in [0.2, 0.25) is 0 Å². The zero-order valence-electron chi connectivity index (χ0n) is 15.3. The van der Waals surface area contributed by atoms with Crippen LogP contribution in [0, 0.1) is 5.82 Å². The van der Waals surface area contributed by atoms with Crippen molar-refractivity contribution < 1.29 is 18.5 Å². The van der Waals surface area contributed by atoms with Crippen molar-refractivity contribution in [2.24, 2.45) is 0 Å². The lowest BCUT2D eigenvalue weighted by molar-refractivity contribution is -0.123. The number of carbonyl (C=O) groups is 2. The van der Waals surface area contributed by atoms with Crippen LogP contribution < -0.4 is 10.9 Å². The number of hydrazine groups is 1. The zero-order chi connectivity index (χ0) is 19.5. The van der Waals surface area contributed by atoms with Crippen molar-refractivity contribution in [3.63, 3.8) is 0 Å². The van der Waals surface area contributed by atoms with Crippen molar-refractivity contribution in [3.05, 3.63) is 47.6 Å². The molecule has 0 saturated carbocycles. The monoisotopic (exact) mass is 379 g/mol. The maximum atomic E-state index is 13.0. The minimum absolute atomic E-state index is 0.0826. The summed E-state index contributed by atoms with van der Waals surface area (Å²) in [6.45, 7) is 9.22. The average Bonchev–Trinajstić information content (AvgIpc) is 3.04. The Morgan fingerprint density at radius 1 is 1.08 bits per heavy atom. The minimum atomic E-state index is -0.883. The van der Waals surface area contributed by atoms with Crippen LogP contribution in [0.4, 0.5) is 4.39 Å². The molecule has 0 aliphatic carbocycles. The van der Waals surface area contributed by atoms with Crippen molar-refractivity contribution in [1.82, 2.24) is 16.0 Å². The summed E-state index contributed by atoms with van der Waals surface area (Å²) in [6, 6.07) is 7.39. The predicted octanol–water partition coefficient (Wildman–Crippen LogP) is 3.44. The molecule has 0 aliphatic heterocycles.